The monoisotopic (exact) mass is 389 g/mol. The molecule has 0 aliphatic rings. The third-order valence-electron chi connectivity index (χ3n) is 3.29. The van der Waals surface area contributed by atoms with Crippen LogP contribution in [0.3, 0.4) is 0 Å². The fourth-order valence-electron chi connectivity index (χ4n) is 1.87. The van der Waals surface area contributed by atoms with E-state index in [9.17, 15) is 14.4 Å². The first-order valence-electron chi connectivity index (χ1n) is 7.36. The van der Waals surface area contributed by atoms with Crippen molar-refractivity contribution in [3.05, 3.63) is 34.9 Å². The van der Waals surface area contributed by atoms with Gasteiger partial charge in [0, 0.05) is 27.4 Å². The molecule has 0 fully saturated rings. The van der Waals surface area contributed by atoms with Crippen molar-refractivity contribution in [2.75, 3.05) is 27.9 Å². The molecule has 0 radical (unpaired) electrons. The second-order valence-corrected chi connectivity index (χ2v) is 7.99. The molecule has 0 aliphatic carbocycles. The molecule has 26 heavy (non-hydrogen) atoms. The minimum atomic E-state index is -2.32. The molecule has 0 saturated carbocycles. The maximum absolute atomic E-state index is 10.6. The summed E-state index contributed by atoms with van der Waals surface area (Å²) in [6, 6.07) is 3.48. The highest BCUT2D eigenvalue weighted by Gasteiger charge is 2.36. The lowest BCUT2D eigenvalue weighted by Gasteiger charge is -2.23. The number of nitrogens with two attached hydrogens (primary N) is 1. The predicted octanol–water partition coefficient (Wildman–Crippen LogP) is 0.995. The van der Waals surface area contributed by atoms with Gasteiger partial charge in [-0.15, -0.1) is 0 Å². The van der Waals surface area contributed by atoms with Crippen LogP contribution in [0.5, 0.6) is 0 Å². The quantitative estimate of drug-likeness (QED) is 0.447. The molecule has 0 saturated heterocycles. The summed E-state index contributed by atoms with van der Waals surface area (Å²) in [4.78, 5) is 31.7. The molecule has 0 bridgehead atoms. The number of hydrogen-bond donors (Lipinski definition) is 4. The summed E-state index contributed by atoms with van der Waals surface area (Å²) in [7, 11) is 2.50. The standard InChI is InChI=1S/C9H6O6.C6H17NO3Si/c10-7(11)4-1-5(8(12)13)3-6(2-4)9(14)15;1-8-11(9-2,10-3)6-4-5-7/h1-3H,(H,10,11)(H,12,13)(H,14,15);4-7H2,1-3H3. The predicted molar refractivity (Wildman–Crippen MR) is 92.6 cm³/mol. The highest BCUT2D eigenvalue weighted by atomic mass is 28.4. The molecule has 11 heteroatoms. The van der Waals surface area contributed by atoms with E-state index in [0.717, 1.165) is 30.7 Å². The number of aromatic carboxylic acids is 3. The summed E-state index contributed by atoms with van der Waals surface area (Å²) in [5, 5.41) is 25.8. The molecule has 146 valence electrons. The zero-order chi connectivity index (χ0) is 20.3. The number of carboxylic acid groups (broad SMARTS) is 3. The van der Waals surface area contributed by atoms with E-state index < -0.39 is 26.7 Å². The first kappa shape index (κ1) is 23.7. The molecule has 0 amide bonds. The highest BCUT2D eigenvalue weighted by molar-refractivity contribution is 6.60. The van der Waals surface area contributed by atoms with Gasteiger partial charge in [-0.3, -0.25) is 0 Å². The Morgan fingerprint density at radius 3 is 1.35 bits per heavy atom. The van der Waals surface area contributed by atoms with Crippen molar-refractivity contribution in [3.8, 4) is 0 Å². The third kappa shape index (κ3) is 7.29. The van der Waals surface area contributed by atoms with Crippen LogP contribution in [0.1, 0.15) is 37.5 Å². The van der Waals surface area contributed by atoms with Crippen LogP contribution < -0.4 is 5.73 Å². The molecule has 0 atom stereocenters. The van der Waals surface area contributed by atoms with Gasteiger partial charge in [0.2, 0.25) is 0 Å². The maximum atomic E-state index is 10.6. The van der Waals surface area contributed by atoms with Crippen molar-refractivity contribution >= 4 is 26.7 Å². The Hall–Kier alpha value is -2.31. The van der Waals surface area contributed by atoms with Crippen LogP contribution >= 0.6 is 0 Å². The highest BCUT2D eigenvalue weighted by Crippen LogP contribution is 2.13. The first-order chi connectivity index (χ1) is 12.2. The van der Waals surface area contributed by atoms with Crippen LogP contribution in [-0.4, -0.2) is 69.9 Å². The van der Waals surface area contributed by atoms with Crippen molar-refractivity contribution in [2.24, 2.45) is 5.73 Å². The van der Waals surface area contributed by atoms with Gasteiger partial charge in [0.15, 0.2) is 0 Å². The number of carboxylic acids is 3. The van der Waals surface area contributed by atoms with Crippen LogP contribution in [0.25, 0.3) is 0 Å². The molecule has 1 rings (SSSR count). The van der Waals surface area contributed by atoms with Crippen molar-refractivity contribution in [1.29, 1.82) is 0 Å². The fourth-order valence-corrected chi connectivity index (χ4v) is 3.62. The lowest BCUT2D eigenvalue weighted by molar-refractivity contribution is 0.0696. The molecule has 1 aromatic rings. The SMILES string of the molecule is CO[Si](CCCN)(OC)OC.O=C(O)c1cc(C(=O)O)cc(C(=O)O)c1. The van der Waals surface area contributed by atoms with Crippen molar-refractivity contribution in [1.82, 2.24) is 0 Å². The van der Waals surface area contributed by atoms with Crippen molar-refractivity contribution in [3.63, 3.8) is 0 Å². The second kappa shape index (κ2) is 11.3. The molecular weight excluding hydrogens is 366 g/mol. The lowest BCUT2D eigenvalue weighted by Crippen LogP contribution is -2.42. The number of carbonyl (C=O) groups is 3. The molecule has 0 aliphatic heterocycles. The molecule has 5 N–H and O–H groups in total. The van der Waals surface area contributed by atoms with E-state index in [1.807, 2.05) is 0 Å². The Labute approximate surface area is 151 Å². The van der Waals surface area contributed by atoms with Gasteiger partial charge in [-0.1, -0.05) is 0 Å². The summed E-state index contributed by atoms with van der Waals surface area (Å²) in [6.07, 6.45) is 0.877. The summed E-state index contributed by atoms with van der Waals surface area (Å²) < 4.78 is 15.5. The van der Waals surface area contributed by atoms with E-state index in [-0.39, 0.29) is 16.7 Å². The smallest absolute Gasteiger partial charge is 0.478 e. The molecular formula is C15H23NO9Si. The zero-order valence-electron chi connectivity index (χ0n) is 14.7. The Morgan fingerprint density at radius 2 is 1.15 bits per heavy atom. The van der Waals surface area contributed by atoms with Gasteiger partial charge in [-0.05, 0) is 31.2 Å². The Bertz CT molecular complexity index is 544. The van der Waals surface area contributed by atoms with Crippen LogP contribution in [0, 0.1) is 0 Å². The molecule has 0 spiro atoms. The largest absolute Gasteiger partial charge is 0.500 e. The van der Waals surface area contributed by atoms with E-state index in [1.165, 1.54) is 0 Å². The van der Waals surface area contributed by atoms with Gasteiger partial charge in [-0.2, -0.15) is 0 Å². The maximum Gasteiger partial charge on any atom is 0.500 e. The van der Waals surface area contributed by atoms with E-state index in [0.29, 0.717) is 6.54 Å². The Kier molecular flexibility index (Phi) is 10.3. The number of hydrogen-bond acceptors (Lipinski definition) is 7. The summed E-state index contributed by atoms with van der Waals surface area (Å²) in [6.45, 7) is 0.644. The van der Waals surface area contributed by atoms with Gasteiger partial charge >= 0.3 is 26.7 Å². The lowest BCUT2D eigenvalue weighted by atomic mass is 10.1. The molecule has 0 unspecified atom stereocenters. The average Bonchev–Trinajstić information content (AvgIpc) is 2.63. The van der Waals surface area contributed by atoms with Crippen molar-refractivity contribution < 1.29 is 43.0 Å². The normalized spacial score (nSPS) is 10.6. The fraction of sp³-hybridized carbons (Fsp3) is 0.400. The van der Waals surface area contributed by atoms with Crippen LogP contribution in [0.15, 0.2) is 18.2 Å². The van der Waals surface area contributed by atoms with Crippen LogP contribution in [0.2, 0.25) is 6.04 Å². The summed E-state index contributed by atoms with van der Waals surface area (Å²) >= 11 is 0. The summed E-state index contributed by atoms with van der Waals surface area (Å²) in [5.74, 6) is -4.12. The number of rotatable bonds is 9. The molecule has 0 aromatic heterocycles. The van der Waals surface area contributed by atoms with Gasteiger partial charge < -0.3 is 34.3 Å². The molecule has 10 nitrogen and oxygen atoms in total. The van der Waals surface area contributed by atoms with Gasteiger partial charge in [0.05, 0.1) is 16.7 Å². The van der Waals surface area contributed by atoms with Crippen LogP contribution in [-0.2, 0) is 13.3 Å². The minimum absolute atomic E-state index is 0.368. The van der Waals surface area contributed by atoms with Crippen LogP contribution in [0.4, 0.5) is 0 Å². The summed E-state index contributed by atoms with van der Waals surface area (Å²) in [5.41, 5.74) is 4.25. The average molecular weight is 389 g/mol. The first-order valence-corrected chi connectivity index (χ1v) is 9.30. The van der Waals surface area contributed by atoms with E-state index in [2.05, 4.69) is 0 Å². The zero-order valence-corrected chi connectivity index (χ0v) is 15.7. The third-order valence-corrected chi connectivity index (χ3v) is 6.13. The Balaban J connectivity index is 0.000000508. The molecule has 0 heterocycles. The van der Waals surface area contributed by atoms with E-state index in [4.69, 9.17) is 34.3 Å². The second-order valence-electron chi connectivity index (χ2n) is 4.90. The van der Waals surface area contributed by atoms with Gasteiger partial charge in [0.1, 0.15) is 0 Å². The topological polar surface area (TPSA) is 166 Å². The van der Waals surface area contributed by atoms with Gasteiger partial charge in [-0.25, -0.2) is 14.4 Å². The van der Waals surface area contributed by atoms with Gasteiger partial charge in [0.25, 0.3) is 0 Å². The van der Waals surface area contributed by atoms with E-state index >= 15 is 0 Å². The van der Waals surface area contributed by atoms with Crippen molar-refractivity contribution in [2.45, 2.75) is 12.5 Å². The minimum Gasteiger partial charge on any atom is -0.478 e. The van der Waals surface area contributed by atoms with E-state index in [1.54, 1.807) is 21.3 Å². The molecule has 1 aromatic carbocycles. The Morgan fingerprint density at radius 1 is 0.846 bits per heavy atom. The number of benzene rings is 1.